The van der Waals surface area contributed by atoms with Crippen LogP contribution in [0.25, 0.3) is 0 Å². The zero-order valence-electron chi connectivity index (χ0n) is 9.89. The predicted octanol–water partition coefficient (Wildman–Crippen LogP) is 4.91. The molecule has 2 unspecified atom stereocenters. The minimum atomic E-state index is -0.521. The Hall–Kier alpha value is -1.00. The molecular weight excluding hydrogens is 375 g/mol. The summed E-state index contributed by atoms with van der Waals surface area (Å²) in [6.45, 7) is 0. The molecule has 0 N–H and O–H groups in total. The van der Waals surface area contributed by atoms with Crippen LogP contribution < -0.4 is 0 Å². The lowest BCUT2D eigenvalue weighted by atomic mass is 10.0. The van der Waals surface area contributed by atoms with Gasteiger partial charge in [0.1, 0.15) is 5.82 Å². The summed E-state index contributed by atoms with van der Waals surface area (Å²) in [4.78, 5) is 11.5. The lowest BCUT2D eigenvalue weighted by Crippen LogP contribution is -2.20. The molecule has 0 radical (unpaired) electrons. The van der Waals surface area contributed by atoms with Gasteiger partial charge in [0.15, 0.2) is 5.78 Å². The van der Waals surface area contributed by atoms with Gasteiger partial charge in [0.2, 0.25) is 0 Å². The second kappa shape index (κ2) is 6.44. The zero-order valence-corrected chi connectivity index (χ0v) is 13.1. The van der Waals surface area contributed by atoms with Gasteiger partial charge in [-0.15, -0.1) is 0 Å². The molecule has 0 spiro atoms. The van der Waals surface area contributed by atoms with Crippen LogP contribution in [0.5, 0.6) is 0 Å². The number of carbonyl (C=O) groups is 1. The molecule has 2 aromatic carbocycles. The van der Waals surface area contributed by atoms with Gasteiger partial charge >= 0.3 is 0 Å². The van der Waals surface area contributed by atoms with E-state index in [0.717, 1.165) is 5.56 Å². The van der Waals surface area contributed by atoms with Gasteiger partial charge in [0.25, 0.3) is 0 Å². The summed E-state index contributed by atoms with van der Waals surface area (Å²) in [5.41, 5.74) is 1.07. The van der Waals surface area contributed by atoms with Crippen molar-refractivity contribution in [1.82, 2.24) is 0 Å². The normalized spacial score (nSPS) is 13.8. The van der Waals surface area contributed by atoms with Crippen molar-refractivity contribution in [3.8, 4) is 0 Å². The van der Waals surface area contributed by atoms with E-state index in [1.807, 2.05) is 30.3 Å². The Kier molecular flexibility index (Phi) is 4.88. The molecule has 0 amide bonds. The lowest BCUT2D eigenvalue weighted by molar-refractivity contribution is 0.0987. The number of ketones is 1. The van der Waals surface area contributed by atoms with Crippen molar-refractivity contribution in [2.75, 3.05) is 0 Å². The predicted molar refractivity (Wildman–Crippen MR) is 81.6 cm³/mol. The van der Waals surface area contributed by atoms with Crippen molar-refractivity contribution in [3.63, 3.8) is 0 Å². The number of rotatable bonds is 4. The van der Waals surface area contributed by atoms with Crippen LogP contribution in [-0.2, 0) is 0 Å². The molecule has 0 bridgehead atoms. The standard InChI is InChI=1S/C15H11Br2FO/c16-13(10-6-2-1-3-7-10)14(17)15(19)11-8-4-5-9-12(11)18/h1-9,13-14H. The third-order valence-electron chi connectivity index (χ3n) is 2.76. The van der Waals surface area contributed by atoms with E-state index in [-0.39, 0.29) is 16.2 Å². The van der Waals surface area contributed by atoms with E-state index >= 15 is 0 Å². The van der Waals surface area contributed by atoms with E-state index in [2.05, 4.69) is 31.9 Å². The maximum atomic E-state index is 13.6. The highest BCUT2D eigenvalue weighted by Crippen LogP contribution is 2.33. The maximum absolute atomic E-state index is 13.6. The Morgan fingerprint density at radius 3 is 2.16 bits per heavy atom. The number of benzene rings is 2. The second-order valence-electron chi connectivity index (χ2n) is 4.06. The largest absolute Gasteiger partial charge is 0.293 e. The minimum absolute atomic E-state index is 0.102. The highest BCUT2D eigenvalue weighted by molar-refractivity contribution is 9.12. The van der Waals surface area contributed by atoms with E-state index in [4.69, 9.17) is 0 Å². The molecule has 0 aliphatic heterocycles. The molecule has 0 aromatic heterocycles. The Morgan fingerprint density at radius 2 is 1.53 bits per heavy atom. The van der Waals surface area contributed by atoms with Crippen LogP contribution in [0.2, 0.25) is 0 Å². The molecule has 0 aliphatic rings. The zero-order chi connectivity index (χ0) is 13.8. The van der Waals surface area contributed by atoms with Crippen LogP contribution in [0, 0.1) is 5.82 Å². The lowest BCUT2D eigenvalue weighted by Gasteiger charge is -2.16. The molecule has 0 aliphatic carbocycles. The first-order valence-electron chi connectivity index (χ1n) is 5.73. The minimum Gasteiger partial charge on any atom is -0.293 e. The van der Waals surface area contributed by atoms with Gasteiger partial charge in [-0.25, -0.2) is 4.39 Å². The van der Waals surface area contributed by atoms with Gasteiger partial charge in [0, 0.05) is 0 Å². The monoisotopic (exact) mass is 384 g/mol. The molecule has 19 heavy (non-hydrogen) atoms. The van der Waals surface area contributed by atoms with Gasteiger partial charge in [-0.3, -0.25) is 4.79 Å². The fraction of sp³-hybridized carbons (Fsp3) is 0.133. The Bertz CT molecular complexity index is 571. The Balaban J connectivity index is 2.23. The van der Waals surface area contributed by atoms with Gasteiger partial charge in [0.05, 0.1) is 15.2 Å². The molecule has 0 fully saturated rings. The van der Waals surface area contributed by atoms with Crippen LogP contribution >= 0.6 is 31.9 Å². The smallest absolute Gasteiger partial charge is 0.180 e. The van der Waals surface area contributed by atoms with E-state index in [0.29, 0.717) is 0 Å². The number of Topliss-reactive ketones (excluding diaryl/α,β-unsaturated/α-hetero) is 1. The van der Waals surface area contributed by atoms with E-state index in [1.165, 1.54) is 12.1 Å². The molecule has 0 saturated heterocycles. The van der Waals surface area contributed by atoms with Crippen LogP contribution in [0.15, 0.2) is 54.6 Å². The highest BCUT2D eigenvalue weighted by atomic mass is 79.9. The molecule has 2 rings (SSSR count). The molecule has 4 heteroatoms. The van der Waals surface area contributed by atoms with Crippen molar-refractivity contribution in [2.45, 2.75) is 9.65 Å². The van der Waals surface area contributed by atoms with E-state index < -0.39 is 10.6 Å². The summed E-state index contributed by atoms with van der Waals surface area (Å²) in [7, 11) is 0. The van der Waals surface area contributed by atoms with Crippen LogP contribution in [0.1, 0.15) is 20.7 Å². The number of carbonyl (C=O) groups excluding carboxylic acids is 1. The van der Waals surface area contributed by atoms with Crippen molar-refractivity contribution >= 4 is 37.6 Å². The second-order valence-corrected chi connectivity index (χ2v) is 6.03. The van der Waals surface area contributed by atoms with Crippen molar-refractivity contribution in [2.24, 2.45) is 0 Å². The molecule has 2 atom stereocenters. The fourth-order valence-electron chi connectivity index (χ4n) is 1.75. The highest BCUT2D eigenvalue weighted by Gasteiger charge is 2.27. The van der Waals surface area contributed by atoms with Gasteiger partial charge in [-0.2, -0.15) is 0 Å². The molecule has 1 nitrogen and oxygen atoms in total. The van der Waals surface area contributed by atoms with Crippen LogP contribution in [-0.4, -0.2) is 10.6 Å². The number of halogens is 3. The molecule has 0 heterocycles. The average molecular weight is 386 g/mol. The van der Waals surface area contributed by atoms with Crippen molar-refractivity contribution < 1.29 is 9.18 Å². The summed E-state index contributed by atoms with van der Waals surface area (Å²) < 4.78 is 13.6. The SMILES string of the molecule is O=C(c1ccccc1F)C(Br)C(Br)c1ccccc1. The maximum Gasteiger partial charge on any atom is 0.180 e. The summed E-state index contributed by atoms with van der Waals surface area (Å²) in [5.74, 6) is -0.770. The first-order chi connectivity index (χ1) is 9.11. The Morgan fingerprint density at radius 1 is 0.947 bits per heavy atom. The third-order valence-corrected chi connectivity index (χ3v) is 5.48. The van der Waals surface area contributed by atoms with Crippen LogP contribution in [0.4, 0.5) is 4.39 Å². The summed E-state index contributed by atoms with van der Waals surface area (Å²) in [5, 5.41) is 0. The first kappa shape index (κ1) is 14.4. The van der Waals surface area contributed by atoms with Gasteiger partial charge < -0.3 is 0 Å². The number of hydrogen-bond donors (Lipinski definition) is 0. The summed E-state index contributed by atoms with van der Waals surface area (Å²) in [6.07, 6.45) is 0. The van der Waals surface area contributed by atoms with Gasteiger partial charge in [-0.05, 0) is 17.7 Å². The fourth-order valence-corrected chi connectivity index (χ4v) is 2.85. The van der Waals surface area contributed by atoms with Crippen molar-refractivity contribution in [1.29, 1.82) is 0 Å². The molecule has 98 valence electrons. The van der Waals surface area contributed by atoms with Crippen LogP contribution in [0.3, 0.4) is 0 Å². The number of alkyl halides is 2. The third kappa shape index (κ3) is 3.31. The van der Waals surface area contributed by atoms with E-state index in [1.54, 1.807) is 12.1 Å². The topological polar surface area (TPSA) is 17.1 Å². The number of hydrogen-bond acceptors (Lipinski definition) is 1. The molecular formula is C15H11Br2FO. The van der Waals surface area contributed by atoms with Gasteiger partial charge in [-0.1, -0.05) is 74.3 Å². The average Bonchev–Trinajstić information content (AvgIpc) is 2.46. The molecule has 0 saturated carbocycles. The quantitative estimate of drug-likeness (QED) is 0.539. The summed E-state index contributed by atoms with van der Waals surface area (Å²) in [6, 6.07) is 15.6. The summed E-state index contributed by atoms with van der Waals surface area (Å²) >= 11 is 6.84. The van der Waals surface area contributed by atoms with Crippen molar-refractivity contribution in [3.05, 3.63) is 71.5 Å². The van der Waals surface area contributed by atoms with E-state index in [9.17, 15) is 9.18 Å². The molecule has 2 aromatic rings. The Labute approximate surface area is 128 Å². The first-order valence-corrected chi connectivity index (χ1v) is 7.56.